The third-order valence-electron chi connectivity index (χ3n) is 2.04. The Bertz CT molecular complexity index is 206. The lowest BCUT2D eigenvalue weighted by Gasteiger charge is -2.22. The van der Waals surface area contributed by atoms with Crippen LogP contribution in [0, 0.1) is 0 Å². The van der Waals surface area contributed by atoms with E-state index >= 15 is 0 Å². The summed E-state index contributed by atoms with van der Waals surface area (Å²) in [5.41, 5.74) is 0. The third-order valence-corrected chi connectivity index (χ3v) is 2.04. The number of hydrogen-bond donors (Lipinski definition) is 0. The van der Waals surface area contributed by atoms with Crippen LogP contribution in [0.15, 0.2) is 0 Å². The minimum Gasteiger partial charge on any atom is -0.207 e. The Morgan fingerprint density at radius 2 is 1.25 bits per heavy atom. The van der Waals surface area contributed by atoms with E-state index in [0.29, 0.717) is 0 Å². The van der Waals surface area contributed by atoms with Crippen LogP contribution in [0.3, 0.4) is 0 Å². The van der Waals surface area contributed by atoms with Gasteiger partial charge in [-0.25, -0.2) is 17.6 Å². The first-order chi connectivity index (χ1) is 6.97. The van der Waals surface area contributed by atoms with E-state index in [0.717, 1.165) is 6.92 Å². The van der Waals surface area contributed by atoms with E-state index < -0.39 is 50.1 Å². The molecule has 0 nitrogen and oxygen atoms in total. The molecule has 0 bridgehead atoms. The Labute approximate surface area is 88.8 Å². The Kier molecular flexibility index (Phi) is 5.07. The molecular weight excluding hydrogens is 241 g/mol. The van der Waals surface area contributed by atoms with E-state index in [9.17, 15) is 30.7 Å². The average Bonchev–Trinajstić information content (AvgIpc) is 1.99. The van der Waals surface area contributed by atoms with Crippen LogP contribution >= 0.6 is 0 Å². The van der Waals surface area contributed by atoms with Gasteiger partial charge >= 0.3 is 6.18 Å². The molecule has 0 unspecified atom stereocenters. The molecule has 16 heavy (non-hydrogen) atoms. The first-order valence-corrected chi connectivity index (χ1v) is 4.80. The smallest absolute Gasteiger partial charge is 0.207 e. The molecule has 98 valence electrons. The van der Waals surface area contributed by atoms with Gasteiger partial charge in [0.05, 0.1) is 6.42 Å². The predicted octanol–water partition coefficient (Wildman–Crippen LogP) is 4.79. The molecular formula is C9H13F7. The summed E-state index contributed by atoms with van der Waals surface area (Å²) in [6.45, 7) is 1.05. The van der Waals surface area contributed by atoms with E-state index in [1.165, 1.54) is 0 Å². The van der Waals surface area contributed by atoms with Gasteiger partial charge in [0.25, 0.3) is 11.8 Å². The largest absolute Gasteiger partial charge is 0.389 e. The summed E-state index contributed by atoms with van der Waals surface area (Å²) >= 11 is 0. The molecule has 7 heteroatoms. The molecule has 0 aromatic carbocycles. The molecule has 0 aromatic heterocycles. The maximum Gasteiger partial charge on any atom is 0.389 e. The van der Waals surface area contributed by atoms with Crippen molar-refractivity contribution in [3.05, 3.63) is 0 Å². The first kappa shape index (κ1) is 15.5. The molecule has 0 rings (SSSR count). The Morgan fingerprint density at radius 3 is 1.62 bits per heavy atom. The van der Waals surface area contributed by atoms with Crippen molar-refractivity contribution in [1.82, 2.24) is 0 Å². The lowest BCUT2D eigenvalue weighted by Crippen LogP contribution is -2.28. The fourth-order valence-electron chi connectivity index (χ4n) is 1.14. The molecule has 0 heterocycles. The van der Waals surface area contributed by atoms with Crippen molar-refractivity contribution >= 4 is 0 Å². The fraction of sp³-hybridized carbons (Fsp3) is 1.00. The van der Waals surface area contributed by atoms with E-state index in [4.69, 9.17) is 0 Å². The molecule has 0 atom stereocenters. The summed E-state index contributed by atoms with van der Waals surface area (Å²) in [7, 11) is 0. The van der Waals surface area contributed by atoms with Gasteiger partial charge in [-0.2, -0.15) is 13.2 Å². The molecule has 0 aliphatic carbocycles. The van der Waals surface area contributed by atoms with Crippen LogP contribution in [0.4, 0.5) is 30.7 Å². The summed E-state index contributed by atoms with van der Waals surface area (Å²) in [5, 5.41) is 0. The highest BCUT2D eigenvalue weighted by molar-refractivity contribution is 4.76. The van der Waals surface area contributed by atoms with Gasteiger partial charge in [0.2, 0.25) is 0 Å². The lowest BCUT2D eigenvalue weighted by atomic mass is 10.0. The molecule has 0 saturated carbocycles. The van der Waals surface area contributed by atoms with Crippen molar-refractivity contribution < 1.29 is 30.7 Å². The summed E-state index contributed by atoms with van der Waals surface area (Å²) < 4.78 is 85.8. The van der Waals surface area contributed by atoms with Crippen molar-refractivity contribution in [2.24, 2.45) is 0 Å². The molecule has 0 aliphatic rings. The molecule has 0 fully saturated rings. The second-order valence-electron chi connectivity index (χ2n) is 3.71. The van der Waals surface area contributed by atoms with Crippen molar-refractivity contribution in [1.29, 1.82) is 0 Å². The second kappa shape index (κ2) is 5.23. The average molecular weight is 254 g/mol. The van der Waals surface area contributed by atoms with E-state index in [1.54, 1.807) is 0 Å². The summed E-state index contributed by atoms with van der Waals surface area (Å²) in [5.74, 6) is -7.27. The van der Waals surface area contributed by atoms with Crippen LogP contribution in [-0.4, -0.2) is 18.0 Å². The maximum atomic E-state index is 12.8. The van der Waals surface area contributed by atoms with Gasteiger partial charge in [-0.3, -0.25) is 0 Å². The topological polar surface area (TPSA) is 0 Å². The standard InChI is InChI=1S/C9H13F7/c1-2-7(10,11)6-8(12,13)4-3-5-9(14,15)16/h2-6H2,1H3. The molecule has 0 amide bonds. The summed E-state index contributed by atoms with van der Waals surface area (Å²) in [6, 6.07) is 0. The SMILES string of the molecule is CCC(F)(F)CC(F)(F)CCCC(F)(F)F. The third kappa shape index (κ3) is 7.76. The highest BCUT2D eigenvalue weighted by Gasteiger charge is 2.42. The fourth-order valence-corrected chi connectivity index (χ4v) is 1.14. The summed E-state index contributed by atoms with van der Waals surface area (Å²) in [6.07, 6.45) is -10.3. The van der Waals surface area contributed by atoms with Gasteiger partial charge in [-0.1, -0.05) is 6.92 Å². The molecule has 0 radical (unpaired) electrons. The number of alkyl halides is 7. The van der Waals surface area contributed by atoms with Crippen molar-refractivity contribution in [2.45, 2.75) is 57.0 Å². The van der Waals surface area contributed by atoms with Crippen molar-refractivity contribution in [3.63, 3.8) is 0 Å². The van der Waals surface area contributed by atoms with Crippen LogP contribution in [0.25, 0.3) is 0 Å². The molecule has 0 aliphatic heterocycles. The molecule has 0 spiro atoms. The van der Waals surface area contributed by atoms with Gasteiger partial charge in [-0.15, -0.1) is 0 Å². The second-order valence-corrected chi connectivity index (χ2v) is 3.71. The highest BCUT2D eigenvalue weighted by Crippen LogP contribution is 2.36. The van der Waals surface area contributed by atoms with Gasteiger partial charge < -0.3 is 0 Å². The zero-order valence-electron chi connectivity index (χ0n) is 8.68. The Hall–Kier alpha value is -0.490. The summed E-state index contributed by atoms with van der Waals surface area (Å²) in [4.78, 5) is 0. The predicted molar refractivity (Wildman–Crippen MR) is 44.7 cm³/mol. The van der Waals surface area contributed by atoms with Gasteiger partial charge in [0.15, 0.2) is 0 Å². The zero-order valence-corrected chi connectivity index (χ0v) is 8.68. The quantitative estimate of drug-likeness (QED) is 0.598. The van der Waals surface area contributed by atoms with Crippen LogP contribution in [0.2, 0.25) is 0 Å². The minimum absolute atomic E-state index is 0.748. The number of halogens is 7. The van der Waals surface area contributed by atoms with Crippen LogP contribution < -0.4 is 0 Å². The molecule has 0 aromatic rings. The van der Waals surface area contributed by atoms with E-state index in [1.807, 2.05) is 0 Å². The molecule has 0 N–H and O–H groups in total. The Balaban J connectivity index is 4.06. The van der Waals surface area contributed by atoms with Crippen LogP contribution in [-0.2, 0) is 0 Å². The number of rotatable bonds is 6. The number of hydrogen-bond acceptors (Lipinski definition) is 0. The Morgan fingerprint density at radius 1 is 0.750 bits per heavy atom. The van der Waals surface area contributed by atoms with E-state index in [2.05, 4.69) is 0 Å². The van der Waals surface area contributed by atoms with Crippen LogP contribution in [0.1, 0.15) is 39.0 Å². The van der Waals surface area contributed by atoms with Crippen molar-refractivity contribution in [3.8, 4) is 0 Å². The van der Waals surface area contributed by atoms with E-state index in [-0.39, 0.29) is 0 Å². The molecule has 0 saturated heterocycles. The normalized spacial score (nSPS) is 14.2. The van der Waals surface area contributed by atoms with Gasteiger partial charge in [0, 0.05) is 19.3 Å². The highest BCUT2D eigenvalue weighted by atomic mass is 19.4. The van der Waals surface area contributed by atoms with Gasteiger partial charge in [-0.05, 0) is 6.42 Å². The van der Waals surface area contributed by atoms with Crippen molar-refractivity contribution in [2.75, 3.05) is 0 Å². The van der Waals surface area contributed by atoms with Crippen LogP contribution in [0.5, 0.6) is 0 Å². The first-order valence-electron chi connectivity index (χ1n) is 4.80. The zero-order chi connectivity index (χ0) is 13.0. The van der Waals surface area contributed by atoms with Gasteiger partial charge in [0.1, 0.15) is 0 Å². The lowest BCUT2D eigenvalue weighted by molar-refractivity contribution is -0.145. The maximum absolute atomic E-state index is 12.8. The minimum atomic E-state index is -4.52. The monoisotopic (exact) mass is 254 g/mol.